The highest BCUT2D eigenvalue weighted by atomic mass is 35.5. The topological polar surface area (TPSA) is 58.2 Å². The summed E-state index contributed by atoms with van der Waals surface area (Å²) in [6.45, 7) is 3.29. The number of carbonyl (C=O) groups excluding carboxylic acids is 1. The van der Waals surface area contributed by atoms with Crippen molar-refractivity contribution in [1.82, 2.24) is 15.1 Å². The second kappa shape index (κ2) is 7.78. The molecule has 0 radical (unpaired) electrons. The zero-order chi connectivity index (χ0) is 19.7. The van der Waals surface area contributed by atoms with E-state index >= 15 is 0 Å². The maximum Gasteiger partial charge on any atom is 0.273 e. The Morgan fingerprint density at radius 3 is 2.54 bits per heavy atom. The average Bonchev–Trinajstić information content (AvgIpc) is 3.23. The summed E-state index contributed by atoms with van der Waals surface area (Å²) in [5.74, 6) is -0.0237. The minimum atomic E-state index is -0.176. The number of aryl methyl sites for hydroxylation is 1. The fourth-order valence-corrected chi connectivity index (χ4v) is 3.86. The molecule has 1 aromatic heterocycles. The summed E-state index contributed by atoms with van der Waals surface area (Å²) < 4.78 is 5.19. The Morgan fingerprint density at radius 2 is 1.86 bits per heavy atom. The highest BCUT2D eigenvalue weighted by Crippen LogP contribution is 2.42. The molecule has 6 heteroatoms. The molecular formula is C22H22ClN3O2. The number of benzene rings is 2. The van der Waals surface area contributed by atoms with Gasteiger partial charge in [0.15, 0.2) is 0 Å². The molecule has 2 heterocycles. The molecule has 1 aliphatic rings. The lowest BCUT2D eigenvalue weighted by Crippen LogP contribution is -2.31. The summed E-state index contributed by atoms with van der Waals surface area (Å²) in [5, 5.41) is 8.12. The van der Waals surface area contributed by atoms with Crippen LogP contribution >= 0.6 is 11.6 Å². The molecule has 0 aliphatic carbocycles. The first-order chi connectivity index (χ1) is 13.6. The number of hydrogen-bond donors (Lipinski definition) is 1. The summed E-state index contributed by atoms with van der Waals surface area (Å²) >= 11 is 6.04. The van der Waals surface area contributed by atoms with E-state index in [9.17, 15) is 4.79 Å². The third kappa shape index (κ3) is 3.32. The van der Waals surface area contributed by atoms with E-state index in [0.717, 1.165) is 28.8 Å². The number of carbonyl (C=O) groups is 1. The summed E-state index contributed by atoms with van der Waals surface area (Å²) in [6.07, 6.45) is 0.776. The van der Waals surface area contributed by atoms with Gasteiger partial charge < -0.3 is 9.64 Å². The average molecular weight is 396 g/mol. The molecule has 0 saturated carbocycles. The van der Waals surface area contributed by atoms with Gasteiger partial charge in [-0.2, -0.15) is 5.10 Å². The monoisotopic (exact) mass is 395 g/mol. The van der Waals surface area contributed by atoms with Gasteiger partial charge >= 0.3 is 0 Å². The Kier molecular flexibility index (Phi) is 5.20. The molecule has 1 unspecified atom stereocenters. The van der Waals surface area contributed by atoms with Crippen molar-refractivity contribution in [1.29, 1.82) is 0 Å². The number of ether oxygens (including phenoxy) is 1. The Bertz CT molecular complexity index is 980. The highest BCUT2D eigenvalue weighted by Gasteiger charge is 2.41. The van der Waals surface area contributed by atoms with Crippen molar-refractivity contribution in [3.05, 3.63) is 75.9 Å². The van der Waals surface area contributed by atoms with Crippen LogP contribution in [0.5, 0.6) is 0 Å². The van der Waals surface area contributed by atoms with Gasteiger partial charge in [-0.25, -0.2) is 0 Å². The van der Waals surface area contributed by atoms with Crippen LogP contribution in [-0.4, -0.2) is 41.3 Å². The number of aromatic nitrogens is 2. The number of rotatable bonds is 6. The molecule has 3 aromatic rings. The van der Waals surface area contributed by atoms with E-state index in [1.165, 1.54) is 5.56 Å². The van der Waals surface area contributed by atoms with Crippen LogP contribution in [0, 0.1) is 6.92 Å². The number of hydrogen-bond acceptors (Lipinski definition) is 3. The van der Waals surface area contributed by atoms with Crippen molar-refractivity contribution >= 4 is 17.5 Å². The fraction of sp³-hybridized carbons (Fsp3) is 0.273. The minimum absolute atomic E-state index is 0.0237. The number of aromatic amines is 1. The normalized spacial score (nSPS) is 15.9. The van der Waals surface area contributed by atoms with Crippen molar-refractivity contribution in [2.24, 2.45) is 0 Å². The van der Waals surface area contributed by atoms with Crippen LogP contribution in [-0.2, 0) is 4.74 Å². The van der Waals surface area contributed by atoms with Gasteiger partial charge in [-0.3, -0.25) is 9.89 Å². The quantitative estimate of drug-likeness (QED) is 0.619. The lowest BCUT2D eigenvalue weighted by molar-refractivity contribution is 0.0723. The van der Waals surface area contributed by atoms with E-state index in [0.29, 0.717) is 23.9 Å². The van der Waals surface area contributed by atoms with E-state index in [1.54, 1.807) is 7.11 Å². The van der Waals surface area contributed by atoms with E-state index in [4.69, 9.17) is 16.3 Å². The second-order valence-electron chi connectivity index (χ2n) is 7.03. The van der Waals surface area contributed by atoms with E-state index in [1.807, 2.05) is 29.2 Å². The summed E-state index contributed by atoms with van der Waals surface area (Å²) in [7, 11) is 1.67. The van der Waals surface area contributed by atoms with Crippen molar-refractivity contribution in [3.63, 3.8) is 0 Å². The Morgan fingerprint density at radius 1 is 1.14 bits per heavy atom. The number of nitrogens with zero attached hydrogens (tertiary/aromatic N) is 2. The first kappa shape index (κ1) is 18.7. The van der Waals surface area contributed by atoms with Crippen LogP contribution in [0.2, 0.25) is 5.02 Å². The van der Waals surface area contributed by atoms with Gasteiger partial charge in [0.2, 0.25) is 0 Å². The number of nitrogens with one attached hydrogen (secondary N) is 1. The fourth-order valence-electron chi connectivity index (χ4n) is 3.73. The van der Waals surface area contributed by atoms with Crippen molar-refractivity contribution in [3.8, 4) is 11.3 Å². The summed E-state index contributed by atoms with van der Waals surface area (Å²) in [5.41, 5.74) is 5.47. The molecule has 0 bridgehead atoms. The van der Waals surface area contributed by atoms with Gasteiger partial charge in [0.05, 0.1) is 11.7 Å². The standard InChI is InChI=1S/C22H22ClN3O2/c1-14-4-6-16(7-5-14)21-18-19(15-8-10-17(23)11-9-15)24-25-20(18)22(27)26(21)12-3-13-28-2/h4-11,21H,3,12-13H2,1-2H3,(H,24,25). The number of methoxy groups -OCH3 is 1. The molecule has 28 heavy (non-hydrogen) atoms. The smallest absolute Gasteiger partial charge is 0.273 e. The molecule has 1 N–H and O–H groups in total. The molecule has 0 spiro atoms. The van der Waals surface area contributed by atoms with Crippen LogP contribution in [0.4, 0.5) is 0 Å². The third-order valence-electron chi connectivity index (χ3n) is 5.12. The van der Waals surface area contributed by atoms with Gasteiger partial charge in [0.25, 0.3) is 5.91 Å². The van der Waals surface area contributed by atoms with E-state index < -0.39 is 0 Å². The number of halogens is 1. The first-order valence-electron chi connectivity index (χ1n) is 9.31. The maximum atomic E-state index is 13.1. The molecular weight excluding hydrogens is 374 g/mol. The van der Waals surface area contributed by atoms with E-state index in [2.05, 4.69) is 41.4 Å². The zero-order valence-corrected chi connectivity index (χ0v) is 16.7. The molecule has 0 fully saturated rings. The van der Waals surface area contributed by atoms with Gasteiger partial charge in [-0.05, 0) is 31.0 Å². The maximum absolute atomic E-state index is 13.1. The molecule has 1 atom stereocenters. The SMILES string of the molecule is COCCCN1C(=O)c2[nH]nc(-c3ccc(Cl)cc3)c2C1c1ccc(C)cc1. The molecule has 4 rings (SSSR count). The van der Waals surface area contributed by atoms with Gasteiger partial charge in [-0.15, -0.1) is 0 Å². The number of H-pyrrole nitrogens is 1. The minimum Gasteiger partial charge on any atom is -0.385 e. The lowest BCUT2D eigenvalue weighted by Gasteiger charge is -2.26. The Labute approximate surface area is 169 Å². The highest BCUT2D eigenvalue weighted by molar-refractivity contribution is 6.30. The molecule has 1 amide bonds. The largest absolute Gasteiger partial charge is 0.385 e. The Hall–Kier alpha value is -2.63. The van der Waals surface area contributed by atoms with Crippen molar-refractivity contribution in [2.45, 2.75) is 19.4 Å². The van der Waals surface area contributed by atoms with Crippen molar-refractivity contribution in [2.75, 3.05) is 20.3 Å². The number of fused-ring (bicyclic) bond motifs is 1. The first-order valence-corrected chi connectivity index (χ1v) is 9.68. The van der Waals surface area contributed by atoms with Gasteiger partial charge in [-0.1, -0.05) is 53.6 Å². The molecule has 144 valence electrons. The van der Waals surface area contributed by atoms with Crippen LogP contribution < -0.4 is 0 Å². The molecule has 0 saturated heterocycles. The van der Waals surface area contributed by atoms with Gasteiger partial charge in [0.1, 0.15) is 5.69 Å². The molecule has 2 aromatic carbocycles. The summed E-state index contributed by atoms with van der Waals surface area (Å²) in [4.78, 5) is 15.0. The zero-order valence-electron chi connectivity index (χ0n) is 15.9. The molecule has 1 aliphatic heterocycles. The van der Waals surface area contributed by atoms with Crippen molar-refractivity contribution < 1.29 is 9.53 Å². The Balaban J connectivity index is 1.80. The predicted molar refractivity (Wildman–Crippen MR) is 110 cm³/mol. The van der Waals surface area contributed by atoms with Crippen LogP contribution in [0.25, 0.3) is 11.3 Å². The third-order valence-corrected chi connectivity index (χ3v) is 5.37. The van der Waals surface area contributed by atoms with E-state index in [-0.39, 0.29) is 11.9 Å². The van der Waals surface area contributed by atoms with Crippen LogP contribution in [0.1, 0.15) is 39.6 Å². The van der Waals surface area contributed by atoms with Crippen LogP contribution in [0.15, 0.2) is 48.5 Å². The molecule has 5 nitrogen and oxygen atoms in total. The van der Waals surface area contributed by atoms with Gasteiger partial charge in [0, 0.05) is 36.4 Å². The summed E-state index contributed by atoms with van der Waals surface area (Å²) in [6, 6.07) is 15.7. The lowest BCUT2D eigenvalue weighted by atomic mass is 9.95. The number of amides is 1. The second-order valence-corrected chi connectivity index (χ2v) is 7.46. The predicted octanol–water partition coefficient (Wildman–Crippen LogP) is 4.62. The van der Waals surface area contributed by atoms with Crippen LogP contribution in [0.3, 0.4) is 0 Å².